The molecule has 4 heteroatoms. The molecule has 3 nitrogen and oxygen atoms in total. The van der Waals surface area contributed by atoms with Gasteiger partial charge in [-0.2, -0.15) is 0 Å². The van der Waals surface area contributed by atoms with Crippen LogP contribution < -0.4 is 10.9 Å². The van der Waals surface area contributed by atoms with Gasteiger partial charge < -0.3 is 9.73 Å². The fourth-order valence-corrected chi connectivity index (χ4v) is 2.92. The van der Waals surface area contributed by atoms with Crippen molar-refractivity contribution >= 4 is 44.7 Å². The van der Waals surface area contributed by atoms with E-state index in [0.717, 1.165) is 22.1 Å². The summed E-state index contributed by atoms with van der Waals surface area (Å²) in [5, 5.41) is 6.25. The molecule has 0 radical (unpaired) electrons. The van der Waals surface area contributed by atoms with E-state index in [1.54, 1.807) is 12.1 Å². The van der Waals surface area contributed by atoms with Crippen LogP contribution in [0.15, 0.2) is 75.9 Å². The van der Waals surface area contributed by atoms with Crippen molar-refractivity contribution in [2.24, 2.45) is 0 Å². The second-order valence-electron chi connectivity index (χ2n) is 5.22. The maximum atomic E-state index is 12.1. The number of nitrogens with one attached hydrogen (secondary N) is 1. The summed E-state index contributed by atoms with van der Waals surface area (Å²) in [4.78, 5) is 12.1. The number of para-hydroxylation sites is 1. The van der Waals surface area contributed by atoms with E-state index in [9.17, 15) is 4.79 Å². The van der Waals surface area contributed by atoms with Crippen molar-refractivity contribution < 1.29 is 4.42 Å². The lowest BCUT2D eigenvalue weighted by molar-refractivity contribution is 0.570. The summed E-state index contributed by atoms with van der Waals surface area (Å²) in [6.07, 6.45) is 0. The second-order valence-corrected chi connectivity index (χ2v) is 5.63. The van der Waals surface area contributed by atoms with Gasteiger partial charge in [-0.25, -0.2) is 4.79 Å². The molecule has 0 saturated carbocycles. The van der Waals surface area contributed by atoms with Crippen LogP contribution in [0.1, 0.15) is 0 Å². The van der Waals surface area contributed by atoms with Gasteiger partial charge in [0.15, 0.2) is 0 Å². The van der Waals surface area contributed by atoms with Gasteiger partial charge in [-0.1, -0.05) is 48.0 Å². The van der Waals surface area contributed by atoms with Crippen molar-refractivity contribution in [3.8, 4) is 0 Å². The van der Waals surface area contributed by atoms with Crippen molar-refractivity contribution in [2.45, 2.75) is 0 Å². The minimum Gasteiger partial charge on any atom is -0.422 e. The molecule has 4 aromatic rings. The van der Waals surface area contributed by atoms with Crippen molar-refractivity contribution in [2.75, 3.05) is 5.32 Å². The molecule has 0 amide bonds. The number of halogens is 1. The molecule has 0 aliphatic rings. The van der Waals surface area contributed by atoms with Crippen LogP contribution in [0.3, 0.4) is 0 Å². The van der Waals surface area contributed by atoms with Crippen LogP contribution >= 0.6 is 11.6 Å². The monoisotopic (exact) mass is 321 g/mol. The number of hydrogen-bond acceptors (Lipinski definition) is 3. The van der Waals surface area contributed by atoms with Gasteiger partial charge in [0.25, 0.3) is 0 Å². The van der Waals surface area contributed by atoms with Crippen molar-refractivity contribution in [1.82, 2.24) is 0 Å². The Morgan fingerprint density at radius 2 is 1.48 bits per heavy atom. The maximum Gasteiger partial charge on any atom is 0.344 e. The minimum atomic E-state index is -0.331. The van der Waals surface area contributed by atoms with E-state index in [-0.39, 0.29) is 5.63 Å². The quantitative estimate of drug-likeness (QED) is 0.400. The topological polar surface area (TPSA) is 42.2 Å². The Kier molecular flexibility index (Phi) is 3.28. The normalized spacial score (nSPS) is 11.0. The summed E-state index contributed by atoms with van der Waals surface area (Å²) in [5.41, 5.74) is 1.86. The molecule has 0 aliphatic carbocycles. The molecule has 1 N–H and O–H groups in total. The largest absolute Gasteiger partial charge is 0.422 e. The molecular weight excluding hydrogens is 310 g/mol. The Morgan fingerprint density at radius 1 is 0.783 bits per heavy atom. The first-order valence-corrected chi connectivity index (χ1v) is 7.58. The van der Waals surface area contributed by atoms with E-state index in [4.69, 9.17) is 16.0 Å². The highest BCUT2D eigenvalue weighted by atomic mass is 35.5. The first-order valence-electron chi connectivity index (χ1n) is 7.20. The highest BCUT2D eigenvalue weighted by molar-refractivity contribution is 6.33. The van der Waals surface area contributed by atoms with Crippen LogP contribution in [0, 0.1) is 0 Å². The van der Waals surface area contributed by atoms with Gasteiger partial charge in [0.05, 0.1) is 21.8 Å². The lowest BCUT2D eigenvalue weighted by Crippen LogP contribution is -2.01. The van der Waals surface area contributed by atoms with Crippen LogP contribution in [0.5, 0.6) is 0 Å². The predicted octanol–water partition coefficient (Wildman–Crippen LogP) is 5.34. The summed E-state index contributed by atoms with van der Waals surface area (Å²) in [6, 6.07) is 20.5. The summed E-state index contributed by atoms with van der Waals surface area (Å²) in [7, 11) is 0. The zero-order valence-corrected chi connectivity index (χ0v) is 12.8. The van der Waals surface area contributed by atoms with E-state index < -0.39 is 0 Å². The number of anilines is 2. The van der Waals surface area contributed by atoms with E-state index in [0.29, 0.717) is 16.0 Å². The second kappa shape index (κ2) is 5.45. The van der Waals surface area contributed by atoms with E-state index >= 15 is 0 Å². The number of rotatable bonds is 2. The Hall–Kier alpha value is -2.78. The molecule has 0 aliphatic heterocycles. The lowest BCUT2D eigenvalue weighted by Gasteiger charge is -2.12. The molecule has 23 heavy (non-hydrogen) atoms. The van der Waals surface area contributed by atoms with Crippen LogP contribution in [-0.4, -0.2) is 0 Å². The molecule has 0 saturated heterocycles. The number of hydrogen-bond donors (Lipinski definition) is 1. The average molecular weight is 322 g/mol. The first kappa shape index (κ1) is 13.9. The molecule has 0 spiro atoms. The molecule has 3 aromatic carbocycles. The Labute approximate surface area is 137 Å². The molecule has 0 atom stereocenters. The molecule has 4 rings (SSSR count). The van der Waals surface area contributed by atoms with Crippen molar-refractivity contribution in [1.29, 1.82) is 0 Å². The van der Waals surface area contributed by atoms with Crippen LogP contribution in [0.25, 0.3) is 21.7 Å². The fourth-order valence-electron chi connectivity index (χ4n) is 2.74. The van der Waals surface area contributed by atoms with Crippen LogP contribution in [-0.2, 0) is 0 Å². The van der Waals surface area contributed by atoms with Gasteiger partial charge in [0.1, 0.15) is 5.58 Å². The Morgan fingerprint density at radius 3 is 2.30 bits per heavy atom. The summed E-state index contributed by atoms with van der Waals surface area (Å²) in [5.74, 6) is 0. The SMILES string of the molecule is O=c1oc2cccc(Nc3ccccc3Cl)c2c2ccccc12. The van der Waals surface area contributed by atoms with Gasteiger partial charge in [0, 0.05) is 10.8 Å². The predicted molar refractivity (Wildman–Crippen MR) is 94.7 cm³/mol. The number of fused-ring (bicyclic) bond motifs is 3. The highest BCUT2D eigenvalue weighted by Gasteiger charge is 2.11. The highest BCUT2D eigenvalue weighted by Crippen LogP contribution is 2.33. The van der Waals surface area contributed by atoms with Gasteiger partial charge >= 0.3 is 5.63 Å². The smallest absolute Gasteiger partial charge is 0.344 e. The van der Waals surface area contributed by atoms with Crippen LogP contribution in [0.4, 0.5) is 11.4 Å². The molecular formula is C19H12ClNO2. The fraction of sp³-hybridized carbons (Fsp3) is 0. The average Bonchev–Trinajstić information content (AvgIpc) is 2.57. The van der Waals surface area contributed by atoms with Gasteiger partial charge in [-0.05, 0) is 30.3 Å². The molecule has 1 aromatic heterocycles. The van der Waals surface area contributed by atoms with Crippen molar-refractivity contribution in [3.05, 3.63) is 82.2 Å². The van der Waals surface area contributed by atoms with Gasteiger partial charge in [-0.3, -0.25) is 0 Å². The zero-order valence-electron chi connectivity index (χ0n) is 12.0. The number of benzene rings is 3. The van der Waals surface area contributed by atoms with Gasteiger partial charge in [0.2, 0.25) is 0 Å². The Balaban J connectivity index is 2.03. The summed E-state index contributed by atoms with van der Waals surface area (Å²) >= 11 is 6.23. The summed E-state index contributed by atoms with van der Waals surface area (Å²) in [6.45, 7) is 0. The summed E-state index contributed by atoms with van der Waals surface area (Å²) < 4.78 is 5.45. The molecule has 0 unspecified atom stereocenters. The lowest BCUT2D eigenvalue weighted by atomic mass is 10.1. The Bertz CT molecular complexity index is 1090. The third kappa shape index (κ3) is 2.35. The molecule has 112 valence electrons. The van der Waals surface area contributed by atoms with E-state index in [1.807, 2.05) is 54.6 Å². The molecule has 1 heterocycles. The third-order valence-electron chi connectivity index (χ3n) is 3.79. The third-order valence-corrected chi connectivity index (χ3v) is 4.12. The zero-order chi connectivity index (χ0) is 15.8. The van der Waals surface area contributed by atoms with Gasteiger partial charge in [-0.15, -0.1) is 0 Å². The standard InChI is InChI=1S/C19H12ClNO2/c20-14-8-3-4-9-15(14)21-16-10-5-11-17-18(16)12-6-1-2-7-13(12)19(22)23-17/h1-11,21H. The van der Waals surface area contributed by atoms with E-state index in [2.05, 4.69) is 5.32 Å². The van der Waals surface area contributed by atoms with Crippen LogP contribution in [0.2, 0.25) is 5.02 Å². The molecule has 0 fully saturated rings. The minimum absolute atomic E-state index is 0.331. The van der Waals surface area contributed by atoms with Crippen molar-refractivity contribution in [3.63, 3.8) is 0 Å². The first-order chi connectivity index (χ1) is 11.2. The molecule has 0 bridgehead atoms. The maximum absolute atomic E-state index is 12.1. The van der Waals surface area contributed by atoms with E-state index in [1.165, 1.54) is 0 Å².